The normalized spacial score (nSPS) is 11.0. The van der Waals surface area contributed by atoms with E-state index in [-0.39, 0.29) is 30.8 Å². The van der Waals surface area contributed by atoms with Crippen LogP contribution in [0.4, 0.5) is 0 Å². The van der Waals surface area contributed by atoms with Crippen molar-refractivity contribution < 1.29 is 36.9 Å². The summed E-state index contributed by atoms with van der Waals surface area (Å²) in [6.45, 7) is -0.0742. The van der Waals surface area contributed by atoms with Gasteiger partial charge in [0.1, 0.15) is 4.90 Å². The Kier molecular flexibility index (Phi) is 4.40. The molecule has 0 aliphatic rings. The number of fused-ring (bicyclic) bond motifs is 2. The van der Waals surface area contributed by atoms with Crippen molar-refractivity contribution in [1.29, 1.82) is 0 Å². The molecule has 6 heteroatoms. The van der Waals surface area contributed by atoms with Crippen LogP contribution in [0.15, 0.2) is 59.5 Å². The first kappa shape index (κ1) is 15.6. The second-order valence-corrected chi connectivity index (χ2v) is 5.86. The van der Waals surface area contributed by atoms with Gasteiger partial charge in [-0.2, -0.15) is 8.42 Å². The molecule has 4 nitrogen and oxygen atoms in total. The minimum absolute atomic E-state index is 0. The van der Waals surface area contributed by atoms with Crippen molar-refractivity contribution in [2.75, 3.05) is 0 Å². The molecule has 0 atom stereocenters. The van der Waals surface area contributed by atoms with Crippen molar-refractivity contribution in [3.63, 3.8) is 0 Å². The molecule has 0 spiro atoms. The van der Waals surface area contributed by atoms with E-state index in [1.807, 2.05) is 36.4 Å². The van der Waals surface area contributed by atoms with Gasteiger partial charge in [0, 0.05) is 24.9 Å². The molecule has 0 unspecified atom stereocenters. The molecule has 0 heterocycles. The second-order valence-electron chi connectivity index (χ2n) is 4.32. The zero-order valence-corrected chi connectivity index (χ0v) is 14.8. The van der Waals surface area contributed by atoms with E-state index < -0.39 is 10.1 Å². The van der Waals surface area contributed by atoms with E-state index in [1.54, 1.807) is 12.1 Å². The summed E-state index contributed by atoms with van der Waals surface area (Å²) in [6, 6.07) is 16.2. The predicted octanol–water partition coefficient (Wildman–Crippen LogP) is 2.85. The molecule has 0 radical (unpaired) electrons. The number of hydrogen-bond acceptors (Lipinski definition) is 4. The topological polar surface area (TPSA) is 60.4 Å². The Balaban J connectivity index is 0.00000161. The molecule has 0 fully saturated rings. The van der Waals surface area contributed by atoms with E-state index >= 15 is 0 Å². The Morgan fingerprint density at radius 2 is 1.48 bits per heavy atom. The molecule has 21 heavy (non-hydrogen) atoms. The van der Waals surface area contributed by atoms with Gasteiger partial charge < -0.3 is 4.18 Å². The van der Waals surface area contributed by atoms with Crippen molar-refractivity contribution in [3.8, 4) is 0 Å². The number of benzene rings is 3. The first-order valence-corrected chi connectivity index (χ1v) is 7.31. The molecule has 0 bridgehead atoms. The van der Waals surface area contributed by atoms with Gasteiger partial charge in [0.25, 0.3) is 0 Å². The van der Waals surface area contributed by atoms with Gasteiger partial charge in [-0.1, -0.05) is 36.4 Å². The summed E-state index contributed by atoms with van der Waals surface area (Å²) in [7, 11) is -4.07. The second kappa shape index (κ2) is 5.92. The minimum atomic E-state index is -4.07. The number of rotatable bonds is 3. The number of carbonyl (C=O) groups excluding carboxylic acids is 1. The molecule has 3 aromatic carbocycles. The van der Waals surface area contributed by atoms with Crippen LogP contribution in [0.25, 0.3) is 21.5 Å². The molecule has 0 N–H and O–H groups in total. The smallest absolute Gasteiger partial charge is 0.342 e. The van der Waals surface area contributed by atoms with Gasteiger partial charge in [0.2, 0.25) is 0 Å². The van der Waals surface area contributed by atoms with Crippen LogP contribution in [0.2, 0.25) is 0 Å². The molecule has 0 aromatic heterocycles. The van der Waals surface area contributed by atoms with Crippen LogP contribution < -0.4 is 0 Å². The third-order valence-corrected chi connectivity index (χ3v) is 4.37. The molecule has 0 amide bonds. The average Bonchev–Trinajstić information content (AvgIpc) is 2.44. The Morgan fingerprint density at radius 1 is 0.857 bits per heavy atom. The summed E-state index contributed by atoms with van der Waals surface area (Å²) in [6.07, 6.45) is 0. The van der Waals surface area contributed by atoms with Crippen molar-refractivity contribution in [3.05, 3.63) is 54.6 Å². The van der Waals surface area contributed by atoms with Gasteiger partial charge >= 0.3 is 16.6 Å². The van der Waals surface area contributed by atoms with Crippen molar-refractivity contribution in [2.24, 2.45) is 0 Å². The van der Waals surface area contributed by atoms with E-state index in [2.05, 4.69) is 4.18 Å². The third kappa shape index (κ3) is 2.82. The van der Waals surface area contributed by atoms with Gasteiger partial charge in [0.05, 0.1) is 0 Å². The van der Waals surface area contributed by atoms with E-state index in [0.717, 1.165) is 16.2 Å². The Hall–Kier alpha value is -1.78. The summed E-state index contributed by atoms with van der Waals surface area (Å²) in [4.78, 5) is 10.3. The molecule has 0 saturated carbocycles. The van der Waals surface area contributed by atoms with Gasteiger partial charge in [0.15, 0.2) is 0 Å². The third-order valence-electron chi connectivity index (χ3n) is 3.14. The number of hydrogen-bond donors (Lipinski definition) is 0. The molecule has 102 valence electrons. The van der Waals surface area contributed by atoms with Gasteiger partial charge in [-0.25, -0.2) is 0 Å². The zero-order chi connectivity index (χ0) is 14.2. The maximum Gasteiger partial charge on any atom is 0.342 e. The molecule has 3 rings (SSSR count). The standard InChI is InChI=1S/C15H10O4S.Zn/c16-10-19-20(17,18)15-7-3-6-13-8-11-4-1-2-5-12(11)9-14(13)15;/h1-10H;. The molecule has 3 aromatic rings. The van der Waals surface area contributed by atoms with E-state index in [4.69, 9.17) is 0 Å². The maximum atomic E-state index is 11.9. The molecule has 0 aliphatic heterocycles. The maximum absolute atomic E-state index is 11.9. The predicted molar refractivity (Wildman–Crippen MR) is 75.8 cm³/mol. The summed E-state index contributed by atoms with van der Waals surface area (Å²) in [5.74, 6) is 0. The van der Waals surface area contributed by atoms with Crippen LogP contribution in [0, 0.1) is 0 Å². The first-order valence-electron chi connectivity index (χ1n) is 5.90. The number of carbonyl (C=O) groups is 1. The van der Waals surface area contributed by atoms with Crippen LogP contribution in [-0.2, 0) is 38.6 Å². The Bertz CT molecular complexity index is 919. The quantitative estimate of drug-likeness (QED) is 0.315. The SMILES string of the molecule is O=COS(=O)(=O)c1cccc2cc3ccccc3cc12.[Zn]. The van der Waals surface area contributed by atoms with Gasteiger partial charge in [-0.05, 0) is 34.4 Å². The van der Waals surface area contributed by atoms with Gasteiger partial charge in [-0.15, -0.1) is 0 Å². The van der Waals surface area contributed by atoms with E-state index in [9.17, 15) is 13.2 Å². The van der Waals surface area contributed by atoms with Crippen LogP contribution in [0.1, 0.15) is 0 Å². The summed E-state index contributed by atoms with van der Waals surface area (Å²) in [5, 5.41) is 3.26. The van der Waals surface area contributed by atoms with Crippen LogP contribution in [0.5, 0.6) is 0 Å². The summed E-state index contributed by atoms with van der Waals surface area (Å²) in [5.41, 5.74) is 0. The molecular formula is C15H10O4SZn. The molecule has 0 aliphatic carbocycles. The van der Waals surface area contributed by atoms with Crippen LogP contribution >= 0.6 is 0 Å². The van der Waals surface area contributed by atoms with Gasteiger partial charge in [-0.3, -0.25) is 4.79 Å². The van der Waals surface area contributed by atoms with Crippen LogP contribution in [0.3, 0.4) is 0 Å². The fourth-order valence-corrected chi connectivity index (χ4v) is 3.16. The monoisotopic (exact) mass is 350 g/mol. The largest absolute Gasteiger partial charge is 0.345 e. The fraction of sp³-hybridized carbons (Fsp3) is 0. The fourth-order valence-electron chi connectivity index (χ4n) is 2.26. The van der Waals surface area contributed by atoms with Crippen molar-refractivity contribution >= 4 is 38.1 Å². The minimum Gasteiger partial charge on any atom is -0.345 e. The first-order chi connectivity index (χ1) is 9.62. The summed E-state index contributed by atoms with van der Waals surface area (Å²) < 4.78 is 28.1. The Morgan fingerprint density at radius 3 is 2.14 bits per heavy atom. The van der Waals surface area contributed by atoms with E-state index in [0.29, 0.717) is 5.39 Å². The van der Waals surface area contributed by atoms with E-state index in [1.165, 1.54) is 6.07 Å². The zero-order valence-electron chi connectivity index (χ0n) is 11.0. The molecular weight excluding hydrogens is 342 g/mol. The van der Waals surface area contributed by atoms with Crippen molar-refractivity contribution in [1.82, 2.24) is 0 Å². The van der Waals surface area contributed by atoms with Crippen LogP contribution in [-0.4, -0.2) is 14.9 Å². The summed E-state index contributed by atoms with van der Waals surface area (Å²) >= 11 is 0. The van der Waals surface area contributed by atoms with Crippen molar-refractivity contribution in [2.45, 2.75) is 4.90 Å². The molecule has 0 saturated heterocycles. The average molecular weight is 352 g/mol. The Labute approximate surface area is 134 Å².